The molecular weight excluding hydrogens is 302 g/mol. The van der Waals surface area contributed by atoms with Gasteiger partial charge in [0.1, 0.15) is 0 Å². The molecule has 0 atom stereocenters. The van der Waals surface area contributed by atoms with Crippen LogP contribution in [0.4, 0.5) is 0 Å². The van der Waals surface area contributed by atoms with E-state index in [1.54, 1.807) is 0 Å². The summed E-state index contributed by atoms with van der Waals surface area (Å²) < 4.78 is 0. The minimum atomic E-state index is 0. The fourth-order valence-electron chi connectivity index (χ4n) is 2.86. The highest BCUT2D eigenvalue weighted by Crippen LogP contribution is 2.15. The van der Waals surface area contributed by atoms with Crippen LogP contribution in [0.2, 0.25) is 0 Å². The maximum atomic E-state index is 12.4. The number of hydrogen-bond donors (Lipinski definition) is 2. The summed E-state index contributed by atoms with van der Waals surface area (Å²) in [6, 6.07) is 0.429. The Morgan fingerprint density at radius 3 is 2.45 bits per heavy atom. The molecular formula is C16H32ClN3O2. The molecule has 0 spiro atoms. The first-order chi connectivity index (χ1) is 10.1. The summed E-state index contributed by atoms with van der Waals surface area (Å²) in [6.45, 7) is 7.32. The topological polar surface area (TPSA) is 61.4 Å². The Bertz CT molecular complexity index is 321. The SMILES string of the molecule is CCCN(C(=O)CCCCCNC(C)=O)C1CCNCC1.Cl. The lowest BCUT2D eigenvalue weighted by Gasteiger charge is -2.34. The number of unbranched alkanes of at least 4 members (excludes halogenated alkanes) is 2. The van der Waals surface area contributed by atoms with Gasteiger partial charge in [0, 0.05) is 32.5 Å². The molecule has 1 heterocycles. The fourth-order valence-corrected chi connectivity index (χ4v) is 2.86. The monoisotopic (exact) mass is 333 g/mol. The Balaban J connectivity index is 0.00000441. The number of piperidine rings is 1. The van der Waals surface area contributed by atoms with Gasteiger partial charge in [-0.1, -0.05) is 13.3 Å². The van der Waals surface area contributed by atoms with E-state index in [4.69, 9.17) is 0 Å². The molecule has 0 radical (unpaired) electrons. The molecule has 0 aromatic heterocycles. The van der Waals surface area contributed by atoms with Gasteiger partial charge >= 0.3 is 0 Å². The number of amides is 2. The Morgan fingerprint density at radius 2 is 1.86 bits per heavy atom. The number of nitrogens with one attached hydrogen (secondary N) is 2. The normalized spacial score (nSPS) is 15.0. The van der Waals surface area contributed by atoms with E-state index < -0.39 is 0 Å². The number of carbonyl (C=O) groups excluding carboxylic acids is 2. The highest BCUT2D eigenvalue weighted by Gasteiger charge is 2.23. The second-order valence-corrected chi connectivity index (χ2v) is 5.86. The van der Waals surface area contributed by atoms with E-state index in [0.717, 1.165) is 64.7 Å². The maximum absolute atomic E-state index is 12.4. The molecule has 0 aromatic rings. The van der Waals surface area contributed by atoms with Gasteiger partial charge in [-0.2, -0.15) is 0 Å². The highest BCUT2D eigenvalue weighted by molar-refractivity contribution is 5.85. The lowest BCUT2D eigenvalue weighted by Crippen LogP contribution is -2.46. The summed E-state index contributed by atoms with van der Waals surface area (Å²) in [6.07, 6.45) is 6.69. The summed E-state index contributed by atoms with van der Waals surface area (Å²) >= 11 is 0. The molecule has 2 N–H and O–H groups in total. The Morgan fingerprint density at radius 1 is 1.18 bits per heavy atom. The van der Waals surface area contributed by atoms with Gasteiger partial charge < -0.3 is 15.5 Å². The van der Waals surface area contributed by atoms with Crippen LogP contribution in [0, 0.1) is 0 Å². The summed E-state index contributed by atoms with van der Waals surface area (Å²) in [5.74, 6) is 0.328. The highest BCUT2D eigenvalue weighted by atomic mass is 35.5. The lowest BCUT2D eigenvalue weighted by atomic mass is 10.0. The Kier molecular flexibility index (Phi) is 12.2. The van der Waals surface area contributed by atoms with Gasteiger partial charge in [0.05, 0.1) is 0 Å². The molecule has 0 bridgehead atoms. The minimum absolute atomic E-state index is 0. The van der Waals surface area contributed by atoms with Crippen LogP contribution in [-0.2, 0) is 9.59 Å². The van der Waals surface area contributed by atoms with E-state index in [9.17, 15) is 9.59 Å². The van der Waals surface area contributed by atoms with Gasteiger partial charge in [-0.25, -0.2) is 0 Å². The molecule has 2 amide bonds. The third kappa shape index (κ3) is 8.59. The Hall–Kier alpha value is -0.810. The molecule has 1 saturated heterocycles. The van der Waals surface area contributed by atoms with Crippen molar-refractivity contribution in [1.29, 1.82) is 0 Å². The van der Waals surface area contributed by atoms with Crippen LogP contribution in [0.5, 0.6) is 0 Å². The fraction of sp³-hybridized carbons (Fsp3) is 0.875. The molecule has 1 fully saturated rings. The van der Waals surface area contributed by atoms with E-state index in [-0.39, 0.29) is 18.3 Å². The molecule has 0 unspecified atom stereocenters. The van der Waals surface area contributed by atoms with Crippen molar-refractivity contribution in [3.05, 3.63) is 0 Å². The second kappa shape index (κ2) is 12.7. The zero-order chi connectivity index (χ0) is 15.5. The van der Waals surface area contributed by atoms with Gasteiger partial charge in [-0.15, -0.1) is 12.4 Å². The van der Waals surface area contributed by atoms with Crippen molar-refractivity contribution < 1.29 is 9.59 Å². The van der Waals surface area contributed by atoms with Crippen LogP contribution < -0.4 is 10.6 Å². The largest absolute Gasteiger partial charge is 0.356 e. The van der Waals surface area contributed by atoms with Gasteiger partial charge in [0.25, 0.3) is 0 Å². The average molecular weight is 334 g/mol. The van der Waals surface area contributed by atoms with Crippen molar-refractivity contribution >= 4 is 24.2 Å². The van der Waals surface area contributed by atoms with Gasteiger partial charge in [0.15, 0.2) is 0 Å². The third-order valence-corrected chi connectivity index (χ3v) is 3.98. The lowest BCUT2D eigenvalue weighted by molar-refractivity contribution is -0.134. The van der Waals surface area contributed by atoms with Gasteiger partial charge in [0.2, 0.25) is 11.8 Å². The van der Waals surface area contributed by atoms with Crippen LogP contribution in [0.15, 0.2) is 0 Å². The number of hydrogen-bond acceptors (Lipinski definition) is 3. The van der Waals surface area contributed by atoms with Crippen molar-refractivity contribution in [2.75, 3.05) is 26.2 Å². The third-order valence-electron chi connectivity index (χ3n) is 3.98. The Labute approximate surface area is 141 Å². The number of nitrogens with zero attached hydrogens (tertiary/aromatic N) is 1. The van der Waals surface area contributed by atoms with Crippen molar-refractivity contribution in [2.24, 2.45) is 0 Å². The first-order valence-electron chi connectivity index (χ1n) is 8.39. The first-order valence-corrected chi connectivity index (χ1v) is 8.39. The summed E-state index contributed by atoms with van der Waals surface area (Å²) in [7, 11) is 0. The number of carbonyl (C=O) groups is 2. The van der Waals surface area contributed by atoms with E-state index >= 15 is 0 Å². The molecule has 130 valence electrons. The predicted octanol–water partition coefficient (Wildman–Crippen LogP) is 2.10. The van der Waals surface area contributed by atoms with Gasteiger partial charge in [-0.3, -0.25) is 9.59 Å². The second-order valence-electron chi connectivity index (χ2n) is 5.86. The molecule has 22 heavy (non-hydrogen) atoms. The van der Waals surface area contributed by atoms with Crippen molar-refractivity contribution in [3.63, 3.8) is 0 Å². The van der Waals surface area contributed by atoms with Crippen molar-refractivity contribution in [2.45, 2.75) is 64.8 Å². The zero-order valence-corrected chi connectivity index (χ0v) is 14.8. The first kappa shape index (κ1) is 21.2. The molecule has 6 heteroatoms. The quantitative estimate of drug-likeness (QED) is 0.635. The van der Waals surface area contributed by atoms with E-state index in [1.165, 1.54) is 6.92 Å². The maximum Gasteiger partial charge on any atom is 0.222 e. The number of rotatable bonds is 9. The summed E-state index contributed by atoms with van der Waals surface area (Å²) in [4.78, 5) is 25.3. The molecule has 0 aliphatic carbocycles. The standard InChI is InChI=1S/C16H31N3O2.ClH/c1-3-13-19(15-8-11-17-12-9-15)16(21)7-5-4-6-10-18-14(2)20;/h15,17H,3-13H2,1-2H3,(H,18,20);1H. The van der Waals surface area contributed by atoms with Crippen LogP contribution >= 0.6 is 12.4 Å². The van der Waals surface area contributed by atoms with Crippen molar-refractivity contribution in [1.82, 2.24) is 15.5 Å². The molecule has 1 aliphatic rings. The minimum Gasteiger partial charge on any atom is -0.356 e. The molecule has 1 rings (SSSR count). The smallest absolute Gasteiger partial charge is 0.222 e. The van der Waals surface area contributed by atoms with Crippen molar-refractivity contribution in [3.8, 4) is 0 Å². The van der Waals surface area contributed by atoms with Gasteiger partial charge in [-0.05, 0) is 45.2 Å². The molecule has 0 saturated carbocycles. The predicted molar refractivity (Wildman–Crippen MR) is 92.3 cm³/mol. The van der Waals surface area contributed by atoms with E-state index in [0.29, 0.717) is 18.4 Å². The van der Waals surface area contributed by atoms with Crippen LogP contribution in [0.25, 0.3) is 0 Å². The van der Waals surface area contributed by atoms with Crippen LogP contribution in [-0.4, -0.2) is 48.9 Å². The number of halogens is 1. The summed E-state index contributed by atoms with van der Waals surface area (Å²) in [5, 5.41) is 6.14. The van der Waals surface area contributed by atoms with E-state index in [1.807, 2.05) is 0 Å². The molecule has 1 aliphatic heterocycles. The van der Waals surface area contributed by atoms with Crippen LogP contribution in [0.1, 0.15) is 58.8 Å². The average Bonchev–Trinajstić information content (AvgIpc) is 2.48. The van der Waals surface area contributed by atoms with E-state index in [2.05, 4.69) is 22.5 Å². The summed E-state index contributed by atoms with van der Waals surface area (Å²) in [5.41, 5.74) is 0. The van der Waals surface area contributed by atoms with Crippen LogP contribution in [0.3, 0.4) is 0 Å². The molecule has 5 nitrogen and oxygen atoms in total. The zero-order valence-electron chi connectivity index (χ0n) is 14.0. The molecule has 0 aromatic carbocycles.